The third kappa shape index (κ3) is 3.24. The van der Waals surface area contributed by atoms with E-state index in [4.69, 9.17) is 9.47 Å². The minimum absolute atomic E-state index is 0.241. The summed E-state index contributed by atoms with van der Waals surface area (Å²) in [5.74, 6) is -0.845. The van der Waals surface area contributed by atoms with Gasteiger partial charge in [0.25, 0.3) is 0 Å². The van der Waals surface area contributed by atoms with E-state index in [-0.39, 0.29) is 12.5 Å². The van der Waals surface area contributed by atoms with Gasteiger partial charge in [0.05, 0.1) is 13.7 Å². The van der Waals surface area contributed by atoms with Gasteiger partial charge >= 0.3 is 5.97 Å². The second-order valence-corrected chi connectivity index (χ2v) is 4.89. The van der Waals surface area contributed by atoms with Crippen LogP contribution in [0.25, 0.3) is 0 Å². The first kappa shape index (κ1) is 15.1. The van der Waals surface area contributed by atoms with Gasteiger partial charge in [0.1, 0.15) is 5.75 Å². The highest BCUT2D eigenvalue weighted by Crippen LogP contribution is 2.26. The summed E-state index contributed by atoms with van der Waals surface area (Å²) in [6, 6.07) is 7.47. The lowest BCUT2D eigenvalue weighted by Crippen LogP contribution is -2.31. The maximum absolute atomic E-state index is 12.3. The number of ether oxygens (including phenoxy) is 2. The molecule has 1 aliphatic rings. The first-order valence-electron chi connectivity index (χ1n) is 6.82. The molecule has 0 spiro atoms. The van der Waals surface area contributed by atoms with Crippen molar-refractivity contribution in [2.75, 3.05) is 20.3 Å². The Hall–Kier alpha value is -2.30. The summed E-state index contributed by atoms with van der Waals surface area (Å²) in [4.78, 5) is 25.7. The molecule has 1 heterocycles. The molecule has 1 aromatic carbocycles. The van der Waals surface area contributed by atoms with Gasteiger partial charge < -0.3 is 14.4 Å². The normalized spacial score (nSPS) is 18.0. The molecule has 112 valence electrons. The summed E-state index contributed by atoms with van der Waals surface area (Å²) in [6.45, 7) is 6.63. The van der Waals surface area contributed by atoms with Crippen LogP contribution in [0.2, 0.25) is 0 Å². The van der Waals surface area contributed by atoms with Crippen molar-refractivity contribution in [2.45, 2.75) is 13.5 Å². The summed E-state index contributed by atoms with van der Waals surface area (Å²) >= 11 is 0. The van der Waals surface area contributed by atoms with Crippen LogP contribution in [0.1, 0.15) is 12.5 Å². The monoisotopic (exact) mass is 289 g/mol. The van der Waals surface area contributed by atoms with Crippen LogP contribution < -0.4 is 4.74 Å². The molecular formula is C16H19NO4. The van der Waals surface area contributed by atoms with E-state index in [1.807, 2.05) is 24.3 Å². The van der Waals surface area contributed by atoms with Gasteiger partial charge in [0.15, 0.2) is 5.92 Å². The second kappa shape index (κ2) is 6.43. The first-order chi connectivity index (χ1) is 10.1. The summed E-state index contributed by atoms with van der Waals surface area (Å²) in [7, 11) is 1.60. The minimum Gasteiger partial charge on any atom is -0.497 e. The van der Waals surface area contributed by atoms with Crippen molar-refractivity contribution in [1.29, 1.82) is 0 Å². The Morgan fingerprint density at radius 1 is 1.38 bits per heavy atom. The summed E-state index contributed by atoms with van der Waals surface area (Å²) in [6.07, 6.45) is 0. The average molecular weight is 289 g/mol. The van der Waals surface area contributed by atoms with Crippen LogP contribution in [0.3, 0.4) is 0 Å². The predicted molar refractivity (Wildman–Crippen MR) is 77.7 cm³/mol. The molecule has 0 aromatic heterocycles. The fraction of sp³-hybridized carbons (Fsp3) is 0.375. The zero-order valence-electron chi connectivity index (χ0n) is 12.3. The zero-order chi connectivity index (χ0) is 15.4. The van der Waals surface area contributed by atoms with Crippen LogP contribution in [-0.4, -0.2) is 37.0 Å². The molecule has 0 bridgehead atoms. The van der Waals surface area contributed by atoms with E-state index in [1.165, 1.54) is 0 Å². The van der Waals surface area contributed by atoms with Crippen molar-refractivity contribution >= 4 is 11.9 Å². The van der Waals surface area contributed by atoms with Crippen molar-refractivity contribution in [3.05, 3.63) is 42.0 Å². The summed E-state index contributed by atoms with van der Waals surface area (Å²) in [5, 5.41) is 0. The molecule has 5 heteroatoms. The van der Waals surface area contributed by atoms with Crippen molar-refractivity contribution in [2.24, 2.45) is 5.92 Å². The number of likely N-dealkylation sites (tertiary alicyclic amines) is 1. The molecule has 0 aliphatic carbocycles. The molecule has 0 saturated carbocycles. The third-order valence-corrected chi connectivity index (χ3v) is 3.42. The standard InChI is InChI=1S/C16H19NO4/c1-4-21-16(19)14-11(2)9-17(15(14)18)10-12-5-7-13(20-3)8-6-12/h5-8,14H,2,4,9-10H2,1,3H3. The van der Waals surface area contributed by atoms with Gasteiger partial charge in [-0.15, -0.1) is 0 Å². The minimum atomic E-state index is -0.858. The molecule has 2 rings (SSSR count). The predicted octanol–water partition coefficient (Wildman–Crippen LogP) is 1.77. The van der Waals surface area contributed by atoms with Crippen LogP contribution >= 0.6 is 0 Å². The number of nitrogens with zero attached hydrogens (tertiary/aromatic N) is 1. The van der Waals surface area contributed by atoms with Gasteiger partial charge in [0, 0.05) is 13.1 Å². The zero-order valence-corrected chi connectivity index (χ0v) is 12.3. The topological polar surface area (TPSA) is 55.8 Å². The quantitative estimate of drug-likeness (QED) is 0.471. The van der Waals surface area contributed by atoms with Gasteiger partial charge in [0.2, 0.25) is 5.91 Å². The molecule has 1 aromatic rings. The lowest BCUT2D eigenvalue weighted by atomic mass is 10.0. The number of rotatable bonds is 5. The Morgan fingerprint density at radius 3 is 2.62 bits per heavy atom. The SMILES string of the molecule is C=C1CN(Cc2ccc(OC)cc2)C(=O)C1C(=O)OCC. The van der Waals surface area contributed by atoms with Gasteiger partial charge in [-0.3, -0.25) is 9.59 Å². The number of hydrogen-bond donors (Lipinski definition) is 0. The van der Waals surface area contributed by atoms with Crippen LogP contribution in [0.5, 0.6) is 5.75 Å². The number of carbonyl (C=O) groups excluding carboxylic acids is 2. The van der Waals surface area contributed by atoms with Crippen LogP contribution in [-0.2, 0) is 20.9 Å². The second-order valence-electron chi connectivity index (χ2n) is 4.89. The highest BCUT2D eigenvalue weighted by molar-refractivity contribution is 6.03. The van der Waals surface area contributed by atoms with Gasteiger partial charge in [-0.1, -0.05) is 18.7 Å². The largest absolute Gasteiger partial charge is 0.497 e. The molecule has 0 radical (unpaired) electrons. The number of esters is 1. The fourth-order valence-electron chi connectivity index (χ4n) is 2.35. The average Bonchev–Trinajstić information content (AvgIpc) is 2.74. The summed E-state index contributed by atoms with van der Waals surface area (Å²) < 4.78 is 10.0. The number of amides is 1. The lowest BCUT2D eigenvalue weighted by molar-refractivity contribution is -0.151. The number of methoxy groups -OCH3 is 1. The van der Waals surface area contributed by atoms with E-state index in [0.717, 1.165) is 11.3 Å². The smallest absolute Gasteiger partial charge is 0.322 e. The van der Waals surface area contributed by atoms with E-state index < -0.39 is 11.9 Å². The Kier molecular flexibility index (Phi) is 4.62. The van der Waals surface area contributed by atoms with Crippen LogP contribution in [0.4, 0.5) is 0 Å². The van der Waals surface area contributed by atoms with Gasteiger partial charge in [-0.2, -0.15) is 0 Å². The van der Waals surface area contributed by atoms with E-state index in [0.29, 0.717) is 18.7 Å². The van der Waals surface area contributed by atoms with Crippen molar-refractivity contribution in [3.63, 3.8) is 0 Å². The molecule has 0 N–H and O–H groups in total. The van der Waals surface area contributed by atoms with Gasteiger partial charge in [-0.05, 0) is 30.2 Å². The Balaban J connectivity index is 2.06. The molecule has 21 heavy (non-hydrogen) atoms. The number of benzene rings is 1. The number of carbonyl (C=O) groups is 2. The maximum atomic E-state index is 12.3. The molecule has 1 saturated heterocycles. The first-order valence-corrected chi connectivity index (χ1v) is 6.82. The maximum Gasteiger partial charge on any atom is 0.322 e. The fourth-order valence-corrected chi connectivity index (χ4v) is 2.35. The molecular weight excluding hydrogens is 270 g/mol. The molecule has 1 atom stereocenters. The molecule has 1 amide bonds. The Labute approximate surface area is 124 Å². The molecule has 1 unspecified atom stereocenters. The third-order valence-electron chi connectivity index (χ3n) is 3.42. The van der Waals surface area contributed by atoms with E-state index in [9.17, 15) is 9.59 Å². The van der Waals surface area contributed by atoms with Crippen molar-refractivity contribution < 1.29 is 19.1 Å². The highest BCUT2D eigenvalue weighted by atomic mass is 16.5. The van der Waals surface area contributed by atoms with E-state index >= 15 is 0 Å². The Morgan fingerprint density at radius 2 is 2.05 bits per heavy atom. The van der Waals surface area contributed by atoms with Crippen molar-refractivity contribution in [1.82, 2.24) is 4.90 Å². The lowest BCUT2D eigenvalue weighted by Gasteiger charge is -2.16. The van der Waals surface area contributed by atoms with E-state index in [2.05, 4.69) is 6.58 Å². The molecule has 1 fully saturated rings. The number of hydrogen-bond acceptors (Lipinski definition) is 4. The molecule has 1 aliphatic heterocycles. The Bertz CT molecular complexity index is 550. The van der Waals surface area contributed by atoms with E-state index in [1.54, 1.807) is 18.9 Å². The van der Waals surface area contributed by atoms with Crippen LogP contribution in [0.15, 0.2) is 36.4 Å². The van der Waals surface area contributed by atoms with Crippen LogP contribution in [0, 0.1) is 5.92 Å². The summed E-state index contributed by atoms with van der Waals surface area (Å²) in [5.41, 5.74) is 1.56. The van der Waals surface area contributed by atoms with Gasteiger partial charge in [-0.25, -0.2) is 0 Å². The highest BCUT2D eigenvalue weighted by Gasteiger charge is 2.40. The molecule has 5 nitrogen and oxygen atoms in total. The van der Waals surface area contributed by atoms with Crippen molar-refractivity contribution in [3.8, 4) is 5.75 Å².